The third-order valence-corrected chi connectivity index (χ3v) is 2.82. The molecule has 0 bridgehead atoms. The van der Waals surface area contributed by atoms with Crippen molar-refractivity contribution in [1.29, 1.82) is 0 Å². The molecule has 0 spiro atoms. The summed E-state index contributed by atoms with van der Waals surface area (Å²) in [4.78, 5) is 47.0. The molecule has 0 saturated heterocycles. The van der Waals surface area contributed by atoms with E-state index in [-0.39, 0.29) is 19.1 Å². The molecule has 0 unspecified atom stereocenters. The van der Waals surface area contributed by atoms with Gasteiger partial charge in [-0.3, -0.25) is 19.1 Å². The van der Waals surface area contributed by atoms with E-state index in [0.717, 1.165) is 10.6 Å². The molecular formula is C13H19N3O6. The number of H-pyrrole nitrogens is 1. The lowest BCUT2D eigenvalue weighted by atomic mass is 10.3. The molecule has 1 rings (SSSR count). The monoisotopic (exact) mass is 313 g/mol. The molecule has 0 aliphatic rings. The summed E-state index contributed by atoms with van der Waals surface area (Å²) in [6.07, 6.45) is 0.597. The molecule has 0 fully saturated rings. The molecule has 1 heterocycles. The molecule has 22 heavy (non-hydrogen) atoms. The van der Waals surface area contributed by atoms with Crippen molar-refractivity contribution in [3.63, 3.8) is 0 Å². The number of rotatable bonds is 9. The van der Waals surface area contributed by atoms with Crippen LogP contribution in [0.15, 0.2) is 21.9 Å². The van der Waals surface area contributed by atoms with Gasteiger partial charge in [-0.15, -0.1) is 0 Å². The molecule has 0 aliphatic carbocycles. The molecule has 1 aromatic rings. The number of hydrogen-bond acceptors (Lipinski definition) is 6. The first-order chi connectivity index (χ1) is 10.5. The van der Waals surface area contributed by atoms with Crippen LogP contribution in [-0.4, -0.2) is 48.1 Å². The maximum absolute atomic E-state index is 11.8. The minimum absolute atomic E-state index is 0.135. The van der Waals surface area contributed by atoms with E-state index in [0.29, 0.717) is 12.7 Å². The van der Waals surface area contributed by atoms with Gasteiger partial charge in [0.25, 0.3) is 5.56 Å². The fourth-order valence-electron chi connectivity index (χ4n) is 1.59. The van der Waals surface area contributed by atoms with Gasteiger partial charge in [-0.05, 0) is 6.42 Å². The maximum atomic E-state index is 11.8. The van der Waals surface area contributed by atoms with E-state index < -0.39 is 23.6 Å². The molecule has 0 aromatic carbocycles. The molecule has 0 radical (unpaired) electrons. The number of nitrogens with one attached hydrogen (secondary N) is 2. The van der Waals surface area contributed by atoms with Crippen LogP contribution < -0.4 is 16.6 Å². The Morgan fingerprint density at radius 3 is 2.77 bits per heavy atom. The topological polar surface area (TPSA) is 119 Å². The lowest BCUT2D eigenvalue weighted by Crippen LogP contribution is -2.37. The van der Waals surface area contributed by atoms with E-state index >= 15 is 0 Å². The van der Waals surface area contributed by atoms with E-state index in [2.05, 4.69) is 10.3 Å². The van der Waals surface area contributed by atoms with Gasteiger partial charge in [-0.2, -0.15) is 0 Å². The second-order valence-corrected chi connectivity index (χ2v) is 4.38. The Labute approximate surface area is 126 Å². The van der Waals surface area contributed by atoms with Gasteiger partial charge in [0, 0.05) is 19.3 Å². The Kier molecular flexibility index (Phi) is 7.20. The molecule has 0 aliphatic heterocycles. The van der Waals surface area contributed by atoms with Gasteiger partial charge in [0.15, 0.2) is 6.23 Å². The summed E-state index contributed by atoms with van der Waals surface area (Å²) in [6.45, 7) is 1.40. The normalized spacial score (nSPS) is 13.4. The van der Waals surface area contributed by atoms with Crippen LogP contribution in [0.5, 0.6) is 0 Å². The van der Waals surface area contributed by atoms with Gasteiger partial charge in [-0.1, -0.05) is 6.92 Å². The van der Waals surface area contributed by atoms with Gasteiger partial charge < -0.3 is 19.6 Å². The zero-order chi connectivity index (χ0) is 16.5. The minimum atomic E-state index is -0.941. The predicted molar refractivity (Wildman–Crippen MR) is 76.5 cm³/mol. The van der Waals surface area contributed by atoms with Crippen LogP contribution in [0.25, 0.3) is 0 Å². The van der Waals surface area contributed by atoms with E-state index in [1.807, 2.05) is 0 Å². The van der Waals surface area contributed by atoms with Gasteiger partial charge in [0.1, 0.15) is 19.0 Å². The van der Waals surface area contributed by atoms with Crippen LogP contribution in [0.4, 0.5) is 0 Å². The highest BCUT2D eigenvalue weighted by Gasteiger charge is 2.19. The van der Waals surface area contributed by atoms with Gasteiger partial charge in [0.05, 0.1) is 6.61 Å². The third-order valence-electron chi connectivity index (χ3n) is 2.82. The second-order valence-electron chi connectivity index (χ2n) is 4.38. The van der Waals surface area contributed by atoms with E-state index in [9.17, 15) is 19.2 Å². The number of carbonyl (C=O) groups is 2. The Bertz CT molecular complexity index is 608. The summed E-state index contributed by atoms with van der Waals surface area (Å²) in [5.41, 5.74) is -1.24. The highest BCUT2D eigenvalue weighted by Crippen LogP contribution is 2.10. The Balaban J connectivity index is 2.89. The Morgan fingerprint density at radius 2 is 2.23 bits per heavy atom. The van der Waals surface area contributed by atoms with Crippen LogP contribution in [0.3, 0.4) is 0 Å². The van der Waals surface area contributed by atoms with Crippen molar-refractivity contribution in [2.75, 3.05) is 20.3 Å². The molecule has 1 amide bonds. The standard InChI is InChI=1S/C13H19N3O6/c1-3-9(6-17)22-12(8-21-7-11(19)14-2)16-5-4-10(18)15-13(16)20/h4-6,9,12H,3,7-8H2,1-2H3,(H,14,19)(H,15,18,20)/t9-,12+/m0/s1. The number of carbonyl (C=O) groups excluding carboxylic acids is 2. The third kappa shape index (κ3) is 5.26. The van der Waals surface area contributed by atoms with Crippen molar-refractivity contribution in [2.45, 2.75) is 25.7 Å². The van der Waals surface area contributed by atoms with E-state index in [1.54, 1.807) is 6.92 Å². The summed E-state index contributed by atoms with van der Waals surface area (Å²) < 4.78 is 11.8. The van der Waals surface area contributed by atoms with Crippen molar-refractivity contribution in [2.24, 2.45) is 0 Å². The second kappa shape index (κ2) is 8.90. The zero-order valence-corrected chi connectivity index (χ0v) is 12.4. The molecule has 2 atom stereocenters. The quantitative estimate of drug-likeness (QED) is 0.552. The van der Waals surface area contributed by atoms with E-state index in [4.69, 9.17) is 9.47 Å². The molecular weight excluding hydrogens is 294 g/mol. The number of likely N-dealkylation sites (N-methyl/N-ethyl adjacent to an activating group) is 1. The Morgan fingerprint density at radius 1 is 1.50 bits per heavy atom. The van der Waals surface area contributed by atoms with Crippen LogP contribution in [-0.2, 0) is 19.1 Å². The smallest absolute Gasteiger partial charge is 0.330 e. The fraction of sp³-hybridized carbons (Fsp3) is 0.538. The van der Waals surface area contributed by atoms with Gasteiger partial charge >= 0.3 is 5.69 Å². The zero-order valence-electron chi connectivity index (χ0n) is 12.4. The van der Waals surface area contributed by atoms with Crippen LogP contribution >= 0.6 is 0 Å². The lowest BCUT2D eigenvalue weighted by Gasteiger charge is -2.22. The van der Waals surface area contributed by atoms with Gasteiger partial charge in [0.2, 0.25) is 5.91 Å². The predicted octanol–water partition coefficient (Wildman–Crippen LogP) is -1.21. The van der Waals surface area contributed by atoms with Crippen molar-refractivity contribution in [1.82, 2.24) is 14.9 Å². The molecule has 2 N–H and O–H groups in total. The number of hydrogen-bond donors (Lipinski definition) is 2. The minimum Gasteiger partial charge on any atom is -0.367 e. The van der Waals surface area contributed by atoms with Crippen LogP contribution in [0.2, 0.25) is 0 Å². The van der Waals surface area contributed by atoms with Crippen molar-refractivity contribution in [3.05, 3.63) is 33.1 Å². The molecule has 122 valence electrons. The highest BCUT2D eigenvalue weighted by atomic mass is 16.6. The molecule has 9 nitrogen and oxygen atoms in total. The number of aromatic amines is 1. The van der Waals surface area contributed by atoms with Crippen LogP contribution in [0, 0.1) is 0 Å². The van der Waals surface area contributed by atoms with Gasteiger partial charge in [-0.25, -0.2) is 4.79 Å². The number of ether oxygens (including phenoxy) is 2. The molecule has 9 heteroatoms. The number of nitrogens with zero attached hydrogens (tertiary/aromatic N) is 1. The number of amides is 1. The molecule has 0 saturated carbocycles. The van der Waals surface area contributed by atoms with E-state index in [1.165, 1.54) is 13.2 Å². The highest BCUT2D eigenvalue weighted by molar-refractivity contribution is 5.76. The number of aldehydes is 1. The molecule has 1 aromatic heterocycles. The fourth-order valence-corrected chi connectivity index (χ4v) is 1.59. The largest absolute Gasteiger partial charge is 0.367 e. The SMILES string of the molecule is CC[C@@H](C=O)O[C@H](COCC(=O)NC)n1ccc(=O)[nH]c1=O. The van der Waals surface area contributed by atoms with Crippen molar-refractivity contribution >= 4 is 12.2 Å². The van der Waals surface area contributed by atoms with Crippen molar-refractivity contribution < 1.29 is 19.1 Å². The Hall–Kier alpha value is -2.26. The lowest BCUT2D eigenvalue weighted by molar-refractivity contribution is -0.139. The summed E-state index contributed by atoms with van der Waals surface area (Å²) in [7, 11) is 1.46. The first-order valence-electron chi connectivity index (χ1n) is 6.72. The first kappa shape index (κ1) is 17.8. The summed E-state index contributed by atoms with van der Waals surface area (Å²) >= 11 is 0. The summed E-state index contributed by atoms with van der Waals surface area (Å²) in [5.74, 6) is -0.338. The summed E-state index contributed by atoms with van der Waals surface area (Å²) in [6, 6.07) is 1.15. The summed E-state index contributed by atoms with van der Waals surface area (Å²) in [5, 5.41) is 2.38. The van der Waals surface area contributed by atoms with Crippen molar-refractivity contribution in [3.8, 4) is 0 Å². The van der Waals surface area contributed by atoms with Crippen LogP contribution in [0.1, 0.15) is 19.6 Å². The average molecular weight is 313 g/mol. The average Bonchev–Trinajstić information content (AvgIpc) is 2.51. The number of aromatic nitrogens is 2. The maximum Gasteiger partial charge on any atom is 0.330 e. The first-order valence-corrected chi connectivity index (χ1v) is 6.72.